The number of hydrogen-bond acceptors (Lipinski definition) is 3. The molecule has 0 atom stereocenters. The Hall–Kier alpha value is -0.140. The van der Waals surface area contributed by atoms with Crippen molar-refractivity contribution in [3.63, 3.8) is 0 Å². The second-order valence-corrected chi connectivity index (χ2v) is 8.12. The van der Waals surface area contributed by atoms with Crippen LogP contribution >= 0.6 is 33.9 Å². The van der Waals surface area contributed by atoms with Crippen molar-refractivity contribution in [2.45, 2.75) is 27.7 Å². The molecule has 1 heterocycles. The van der Waals surface area contributed by atoms with Gasteiger partial charge in [-0.3, -0.25) is 4.79 Å². The quantitative estimate of drug-likeness (QED) is 0.611. The van der Waals surface area contributed by atoms with Gasteiger partial charge in [0.1, 0.15) is 0 Å². The van der Waals surface area contributed by atoms with Crippen LogP contribution < -0.4 is 0 Å². The second kappa shape index (κ2) is 9.00. The summed E-state index contributed by atoms with van der Waals surface area (Å²) in [5.74, 6) is 0.665. The molecule has 0 unspecified atom stereocenters. The number of rotatable bonds is 8. The molecule has 0 N–H and O–H groups in total. The zero-order valence-corrected chi connectivity index (χ0v) is 15.8. The molecule has 0 aliphatic heterocycles. The SMILES string of the molecule is CCN(CC)CCN(CC(C)C)C(=O)c1csc(I)c1. The van der Waals surface area contributed by atoms with Crippen LogP contribution in [-0.2, 0) is 0 Å². The maximum Gasteiger partial charge on any atom is 0.254 e. The van der Waals surface area contributed by atoms with Gasteiger partial charge in [-0.15, -0.1) is 11.3 Å². The third kappa shape index (κ3) is 5.69. The molecule has 3 nitrogen and oxygen atoms in total. The number of carbonyl (C=O) groups excluding carboxylic acids is 1. The Bertz CT molecular complexity index is 416. The van der Waals surface area contributed by atoms with Gasteiger partial charge in [-0.1, -0.05) is 27.7 Å². The molecule has 0 aliphatic rings. The lowest BCUT2D eigenvalue weighted by Crippen LogP contribution is -2.40. The van der Waals surface area contributed by atoms with Crippen LogP contribution in [0.4, 0.5) is 0 Å². The Balaban J connectivity index is 2.70. The maximum absolute atomic E-state index is 12.6. The normalized spacial score (nSPS) is 11.3. The van der Waals surface area contributed by atoms with E-state index in [1.54, 1.807) is 11.3 Å². The Kier molecular flexibility index (Phi) is 8.06. The first-order valence-electron chi connectivity index (χ1n) is 7.23. The highest BCUT2D eigenvalue weighted by Gasteiger charge is 2.18. The average Bonchev–Trinajstić information content (AvgIpc) is 2.84. The molecule has 1 rings (SSSR count). The summed E-state index contributed by atoms with van der Waals surface area (Å²) in [4.78, 5) is 17.0. The van der Waals surface area contributed by atoms with E-state index in [0.717, 1.165) is 38.3 Å². The molecule has 0 spiro atoms. The van der Waals surface area contributed by atoms with Crippen molar-refractivity contribution in [1.29, 1.82) is 0 Å². The number of likely N-dealkylation sites (N-methyl/N-ethyl adjacent to an activating group) is 1. The van der Waals surface area contributed by atoms with Crippen LogP contribution in [0.15, 0.2) is 11.4 Å². The fourth-order valence-corrected chi connectivity index (χ4v) is 3.44. The summed E-state index contributed by atoms with van der Waals surface area (Å²) >= 11 is 3.90. The lowest BCUT2D eigenvalue weighted by molar-refractivity contribution is 0.0717. The highest BCUT2D eigenvalue weighted by molar-refractivity contribution is 14.1. The first kappa shape index (κ1) is 17.9. The predicted molar refractivity (Wildman–Crippen MR) is 95.6 cm³/mol. The highest BCUT2D eigenvalue weighted by atomic mass is 127. The Morgan fingerprint density at radius 1 is 1.30 bits per heavy atom. The summed E-state index contributed by atoms with van der Waals surface area (Å²) in [5, 5.41) is 1.97. The molecule has 0 aliphatic carbocycles. The van der Waals surface area contributed by atoms with E-state index in [-0.39, 0.29) is 5.91 Å². The lowest BCUT2D eigenvalue weighted by atomic mass is 10.2. The van der Waals surface area contributed by atoms with Gasteiger partial charge >= 0.3 is 0 Å². The van der Waals surface area contributed by atoms with Crippen molar-refractivity contribution in [1.82, 2.24) is 9.80 Å². The Labute approximate surface area is 140 Å². The number of halogens is 1. The van der Waals surface area contributed by atoms with Crippen LogP contribution in [0.1, 0.15) is 38.1 Å². The third-order valence-electron chi connectivity index (χ3n) is 3.27. The van der Waals surface area contributed by atoms with Gasteiger partial charge in [-0.25, -0.2) is 0 Å². The van der Waals surface area contributed by atoms with Crippen molar-refractivity contribution in [3.8, 4) is 0 Å². The van der Waals surface area contributed by atoms with Crippen molar-refractivity contribution >= 4 is 39.8 Å². The van der Waals surface area contributed by atoms with Crippen LogP contribution in [0.5, 0.6) is 0 Å². The van der Waals surface area contributed by atoms with E-state index in [1.807, 2.05) is 16.3 Å². The monoisotopic (exact) mass is 408 g/mol. The molecule has 20 heavy (non-hydrogen) atoms. The number of carbonyl (C=O) groups is 1. The first-order valence-corrected chi connectivity index (χ1v) is 9.19. The summed E-state index contributed by atoms with van der Waals surface area (Å²) in [6.45, 7) is 13.3. The minimum absolute atomic E-state index is 0.171. The minimum Gasteiger partial charge on any atom is -0.337 e. The molecule has 5 heteroatoms. The molecule has 1 amide bonds. The third-order valence-corrected chi connectivity index (χ3v) is 5.06. The second-order valence-electron chi connectivity index (χ2n) is 5.31. The van der Waals surface area contributed by atoms with E-state index in [2.05, 4.69) is 55.2 Å². The molecule has 1 aromatic rings. The molecule has 0 saturated heterocycles. The zero-order valence-electron chi connectivity index (χ0n) is 12.9. The molecule has 1 aromatic heterocycles. The van der Waals surface area contributed by atoms with Crippen molar-refractivity contribution < 1.29 is 4.79 Å². The molecule has 0 aromatic carbocycles. The van der Waals surface area contributed by atoms with Crippen LogP contribution in [0, 0.1) is 8.80 Å². The van der Waals surface area contributed by atoms with Gasteiger partial charge in [0, 0.05) is 25.0 Å². The van der Waals surface area contributed by atoms with Gasteiger partial charge in [0.15, 0.2) is 0 Å². The largest absolute Gasteiger partial charge is 0.337 e. The van der Waals surface area contributed by atoms with E-state index >= 15 is 0 Å². The van der Waals surface area contributed by atoms with Gasteiger partial charge in [0.25, 0.3) is 5.91 Å². The Morgan fingerprint density at radius 2 is 1.95 bits per heavy atom. The zero-order chi connectivity index (χ0) is 15.1. The minimum atomic E-state index is 0.171. The van der Waals surface area contributed by atoms with Gasteiger partial charge < -0.3 is 9.80 Å². The number of nitrogens with zero attached hydrogens (tertiary/aromatic N) is 2. The molecule has 0 saturated carbocycles. The van der Waals surface area contributed by atoms with Crippen LogP contribution in [-0.4, -0.2) is 48.4 Å². The molecule has 0 bridgehead atoms. The number of thiophene rings is 1. The fourth-order valence-electron chi connectivity index (χ4n) is 2.12. The molecule has 0 fully saturated rings. The summed E-state index contributed by atoms with van der Waals surface area (Å²) in [5.41, 5.74) is 0.833. The first-order chi connectivity index (χ1) is 9.47. The lowest BCUT2D eigenvalue weighted by Gasteiger charge is -2.27. The van der Waals surface area contributed by atoms with Gasteiger partial charge in [-0.2, -0.15) is 0 Å². The summed E-state index contributed by atoms with van der Waals surface area (Å²) in [6.07, 6.45) is 0. The predicted octanol–water partition coefficient (Wildman–Crippen LogP) is 3.79. The van der Waals surface area contributed by atoms with E-state index in [1.165, 1.54) is 2.88 Å². The van der Waals surface area contributed by atoms with Crippen LogP contribution in [0.2, 0.25) is 0 Å². The van der Waals surface area contributed by atoms with Gasteiger partial charge in [0.05, 0.1) is 8.45 Å². The molecular formula is C15H25IN2OS. The van der Waals surface area contributed by atoms with E-state index < -0.39 is 0 Å². The number of amides is 1. The standard InChI is InChI=1S/C15H25IN2OS/c1-5-17(6-2)7-8-18(10-12(3)4)15(19)13-9-14(16)20-11-13/h9,11-12H,5-8,10H2,1-4H3. The van der Waals surface area contributed by atoms with Gasteiger partial charge in [-0.05, 0) is 47.7 Å². The van der Waals surface area contributed by atoms with Crippen molar-refractivity contribution in [2.75, 3.05) is 32.7 Å². The highest BCUT2D eigenvalue weighted by Crippen LogP contribution is 2.18. The van der Waals surface area contributed by atoms with E-state index in [9.17, 15) is 4.79 Å². The summed E-state index contributed by atoms with van der Waals surface area (Å²) < 4.78 is 1.17. The topological polar surface area (TPSA) is 23.6 Å². The molecular weight excluding hydrogens is 383 g/mol. The molecule has 114 valence electrons. The van der Waals surface area contributed by atoms with Crippen molar-refractivity contribution in [3.05, 3.63) is 19.9 Å². The molecule has 0 radical (unpaired) electrons. The van der Waals surface area contributed by atoms with Crippen LogP contribution in [0.3, 0.4) is 0 Å². The summed E-state index contributed by atoms with van der Waals surface area (Å²) in [6, 6.07) is 1.98. The Morgan fingerprint density at radius 3 is 2.40 bits per heavy atom. The van der Waals surface area contributed by atoms with Crippen molar-refractivity contribution in [2.24, 2.45) is 5.92 Å². The van der Waals surface area contributed by atoms with E-state index in [4.69, 9.17) is 0 Å². The smallest absolute Gasteiger partial charge is 0.254 e. The van der Waals surface area contributed by atoms with E-state index in [0.29, 0.717) is 5.92 Å². The maximum atomic E-state index is 12.6. The van der Waals surface area contributed by atoms with Gasteiger partial charge in [0.2, 0.25) is 0 Å². The van der Waals surface area contributed by atoms with Crippen LogP contribution in [0.25, 0.3) is 0 Å². The fraction of sp³-hybridized carbons (Fsp3) is 0.667. The average molecular weight is 408 g/mol. The number of hydrogen-bond donors (Lipinski definition) is 0. The summed E-state index contributed by atoms with van der Waals surface area (Å²) in [7, 11) is 0.